The highest BCUT2D eigenvalue weighted by Gasteiger charge is 2.14. The van der Waals surface area contributed by atoms with Crippen LogP contribution in [0.4, 0.5) is 16.4 Å². The molecule has 0 saturated carbocycles. The number of nitrogens with zero attached hydrogens (tertiary/aromatic N) is 3. The fourth-order valence-corrected chi connectivity index (χ4v) is 3.12. The van der Waals surface area contributed by atoms with Crippen molar-refractivity contribution in [3.05, 3.63) is 53.4 Å². The lowest BCUT2D eigenvalue weighted by Crippen LogP contribution is -2.19. The Kier molecular flexibility index (Phi) is 5.95. The molecule has 164 valence electrons. The number of hydrogen-bond donors (Lipinski definition) is 2. The fraction of sp³-hybridized carbons (Fsp3) is 0.143. The summed E-state index contributed by atoms with van der Waals surface area (Å²) in [4.78, 5) is 20.6. The van der Waals surface area contributed by atoms with Crippen LogP contribution < -0.4 is 24.8 Å². The van der Waals surface area contributed by atoms with E-state index in [0.717, 1.165) is 0 Å². The van der Waals surface area contributed by atoms with Crippen LogP contribution in [0.15, 0.2) is 47.2 Å². The van der Waals surface area contributed by atoms with E-state index in [2.05, 4.69) is 25.8 Å². The molecule has 4 rings (SSSR count). The van der Waals surface area contributed by atoms with Gasteiger partial charge >= 0.3 is 6.03 Å². The van der Waals surface area contributed by atoms with Crippen LogP contribution in [-0.4, -0.2) is 35.4 Å². The zero-order chi connectivity index (χ0) is 22.7. The summed E-state index contributed by atoms with van der Waals surface area (Å²) in [5.41, 5.74) is 1.72. The molecule has 2 amide bonds. The molecule has 2 N–H and O–H groups in total. The molecule has 0 fully saturated rings. The van der Waals surface area contributed by atoms with Crippen molar-refractivity contribution in [1.29, 1.82) is 0 Å². The second kappa shape index (κ2) is 8.98. The average molecular weight is 456 g/mol. The Morgan fingerprint density at radius 1 is 1.00 bits per heavy atom. The number of amides is 2. The van der Waals surface area contributed by atoms with Crippen LogP contribution >= 0.6 is 11.6 Å². The third-order valence-electron chi connectivity index (χ3n) is 4.37. The van der Waals surface area contributed by atoms with E-state index in [1.807, 2.05) is 0 Å². The first kappa shape index (κ1) is 21.2. The van der Waals surface area contributed by atoms with Gasteiger partial charge < -0.3 is 24.1 Å². The molecule has 0 saturated heterocycles. The highest BCUT2D eigenvalue weighted by atomic mass is 35.5. The van der Waals surface area contributed by atoms with Gasteiger partial charge in [-0.3, -0.25) is 5.32 Å². The van der Waals surface area contributed by atoms with Crippen molar-refractivity contribution in [1.82, 2.24) is 15.1 Å². The van der Waals surface area contributed by atoms with Gasteiger partial charge in [0.15, 0.2) is 11.5 Å². The molecule has 0 atom stereocenters. The number of ether oxygens (including phenoxy) is 3. The van der Waals surface area contributed by atoms with Crippen molar-refractivity contribution in [3.63, 3.8) is 0 Å². The summed E-state index contributed by atoms with van der Waals surface area (Å²) in [7, 11) is 3.08. The van der Waals surface area contributed by atoms with Gasteiger partial charge in [-0.05, 0) is 31.2 Å². The average Bonchev–Trinajstić information content (AvgIpc) is 3.19. The molecule has 11 heteroatoms. The zero-order valence-corrected chi connectivity index (χ0v) is 18.1. The molecule has 0 aliphatic heterocycles. The first-order chi connectivity index (χ1) is 15.5. The molecule has 4 aromatic rings. The maximum absolute atomic E-state index is 12.1. The molecule has 0 aliphatic rings. The normalized spacial score (nSPS) is 10.6. The molecule has 0 bridgehead atoms. The molecular weight excluding hydrogens is 438 g/mol. The van der Waals surface area contributed by atoms with Gasteiger partial charge in [0.2, 0.25) is 11.8 Å². The molecule has 32 heavy (non-hydrogen) atoms. The number of benzene rings is 2. The highest BCUT2D eigenvalue weighted by Crippen LogP contribution is 2.37. The minimum atomic E-state index is -0.506. The first-order valence-electron chi connectivity index (χ1n) is 9.32. The van der Waals surface area contributed by atoms with Gasteiger partial charge in [0.1, 0.15) is 12.1 Å². The fourth-order valence-electron chi connectivity index (χ4n) is 2.90. The number of carbonyl (C=O) groups excluding carboxylic acids is 1. The summed E-state index contributed by atoms with van der Waals surface area (Å²) in [6.45, 7) is 1.75. The van der Waals surface area contributed by atoms with Crippen LogP contribution in [0.5, 0.6) is 23.1 Å². The number of urea groups is 1. The van der Waals surface area contributed by atoms with E-state index in [0.29, 0.717) is 39.5 Å². The monoisotopic (exact) mass is 455 g/mol. The second-order valence-electron chi connectivity index (χ2n) is 6.56. The number of halogens is 1. The van der Waals surface area contributed by atoms with Crippen molar-refractivity contribution >= 4 is 40.1 Å². The smallest absolute Gasteiger partial charge is 0.326 e. The Labute approximate surface area is 187 Å². The van der Waals surface area contributed by atoms with Gasteiger partial charge in [-0.1, -0.05) is 16.8 Å². The lowest BCUT2D eigenvalue weighted by molar-refractivity contribution is 0.261. The topological polar surface area (TPSA) is 121 Å². The van der Waals surface area contributed by atoms with Crippen molar-refractivity contribution in [2.24, 2.45) is 0 Å². The Morgan fingerprint density at radius 3 is 2.47 bits per heavy atom. The second-order valence-corrected chi connectivity index (χ2v) is 6.97. The molecule has 2 heterocycles. The number of nitrogens with one attached hydrogen (secondary N) is 2. The largest absolute Gasteiger partial charge is 0.493 e. The SMILES string of the molecule is COc1cc2ncnc(Oc3ccc(NC(=O)Nc4cc(C)no4)cc3Cl)c2cc1OC. The quantitative estimate of drug-likeness (QED) is 0.415. The summed E-state index contributed by atoms with van der Waals surface area (Å²) in [5, 5.41) is 9.78. The predicted octanol–water partition coefficient (Wildman–Crippen LogP) is 5.03. The van der Waals surface area contributed by atoms with Crippen LogP contribution in [0.2, 0.25) is 5.02 Å². The molecule has 2 aromatic heterocycles. The van der Waals surface area contributed by atoms with E-state index in [-0.39, 0.29) is 16.8 Å². The Balaban J connectivity index is 1.54. The van der Waals surface area contributed by atoms with Crippen LogP contribution in [-0.2, 0) is 0 Å². The van der Waals surface area contributed by atoms with E-state index in [4.69, 9.17) is 30.3 Å². The Hall–Kier alpha value is -4.05. The van der Waals surface area contributed by atoms with E-state index >= 15 is 0 Å². The Morgan fingerprint density at radius 2 is 1.78 bits per heavy atom. The van der Waals surface area contributed by atoms with Crippen LogP contribution in [0.25, 0.3) is 10.9 Å². The molecule has 10 nitrogen and oxygen atoms in total. The van der Waals surface area contributed by atoms with Gasteiger partial charge in [-0.15, -0.1) is 0 Å². The molecule has 0 unspecified atom stereocenters. The third-order valence-corrected chi connectivity index (χ3v) is 4.66. The van der Waals surface area contributed by atoms with Gasteiger partial charge in [0, 0.05) is 17.8 Å². The zero-order valence-electron chi connectivity index (χ0n) is 17.3. The van der Waals surface area contributed by atoms with Gasteiger partial charge in [-0.2, -0.15) is 0 Å². The predicted molar refractivity (Wildman–Crippen MR) is 118 cm³/mol. The number of aryl methyl sites for hydroxylation is 1. The van der Waals surface area contributed by atoms with Gasteiger partial charge in [0.25, 0.3) is 0 Å². The highest BCUT2D eigenvalue weighted by molar-refractivity contribution is 6.32. The minimum absolute atomic E-state index is 0.230. The lowest BCUT2D eigenvalue weighted by atomic mass is 10.2. The summed E-state index contributed by atoms with van der Waals surface area (Å²) >= 11 is 6.37. The van der Waals surface area contributed by atoms with Crippen LogP contribution in [0.3, 0.4) is 0 Å². The maximum Gasteiger partial charge on any atom is 0.326 e. The van der Waals surface area contributed by atoms with Crippen molar-refractivity contribution in [3.8, 4) is 23.1 Å². The Bertz CT molecular complexity index is 1290. The van der Waals surface area contributed by atoms with Crippen molar-refractivity contribution in [2.75, 3.05) is 24.9 Å². The number of hydrogen-bond acceptors (Lipinski definition) is 8. The molecule has 0 aliphatic carbocycles. The summed E-state index contributed by atoms with van der Waals surface area (Å²) in [6, 6.07) is 9.35. The third kappa shape index (κ3) is 4.49. The maximum atomic E-state index is 12.1. The van der Waals surface area contributed by atoms with Crippen molar-refractivity contribution < 1.29 is 23.5 Å². The van der Waals surface area contributed by atoms with Gasteiger partial charge in [-0.25, -0.2) is 14.8 Å². The molecule has 2 aromatic carbocycles. The summed E-state index contributed by atoms with van der Waals surface area (Å²) < 4.78 is 21.5. The first-order valence-corrected chi connectivity index (χ1v) is 9.70. The molecule has 0 spiro atoms. The lowest BCUT2D eigenvalue weighted by Gasteiger charge is -2.13. The van der Waals surface area contributed by atoms with E-state index in [1.54, 1.807) is 50.4 Å². The number of anilines is 2. The number of rotatable bonds is 6. The van der Waals surface area contributed by atoms with Gasteiger partial charge in [0.05, 0.1) is 35.8 Å². The number of fused-ring (bicyclic) bond motifs is 1. The van der Waals surface area contributed by atoms with Crippen LogP contribution in [0, 0.1) is 6.92 Å². The number of carbonyl (C=O) groups is 1. The van der Waals surface area contributed by atoms with Crippen molar-refractivity contribution in [2.45, 2.75) is 6.92 Å². The standard InChI is InChI=1S/C21H18ClN5O5/c1-11-6-19(32-27-11)26-21(28)25-12-4-5-16(14(22)7-12)31-20-13-8-17(29-2)18(30-3)9-15(13)23-10-24-20/h4-10H,1-3H3,(H2,25,26,28). The van der Waals surface area contributed by atoms with E-state index in [1.165, 1.54) is 13.4 Å². The van der Waals surface area contributed by atoms with Crippen LogP contribution in [0.1, 0.15) is 5.69 Å². The molecular formula is C21H18ClN5O5. The number of aromatic nitrogens is 3. The van der Waals surface area contributed by atoms with E-state index < -0.39 is 6.03 Å². The minimum Gasteiger partial charge on any atom is -0.493 e. The summed E-state index contributed by atoms with van der Waals surface area (Å²) in [5.74, 6) is 1.92. The summed E-state index contributed by atoms with van der Waals surface area (Å²) in [6.07, 6.45) is 1.38. The van der Waals surface area contributed by atoms with E-state index in [9.17, 15) is 4.79 Å². The molecule has 0 radical (unpaired) electrons. The number of methoxy groups -OCH3 is 2.